The number of rotatable bonds is 6. The molecule has 25 heavy (non-hydrogen) atoms. The first-order valence-electron chi connectivity index (χ1n) is 7.58. The Morgan fingerprint density at radius 2 is 2.00 bits per heavy atom. The van der Waals surface area contributed by atoms with E-state index in [-0.39, 0.29) is 12.3 Å². The Balaban J connectivity index is 2.37. The number of aromatic nitrogens is 1. The number of carbonyl (C=O) groups excluding carboxylic acids is 1. The second-order valence-corrected chi connectivity index (χ2v) is 7.96. The number of carbonyl (C=O) groups is 1. The van der Waals surface area contributed by atoms with E-state index in [9.17, 15) is 13.2 Å². The van der Waals surface area contributed by atoms with Crippen LogP contribution in [0.3, 0.4) is 0 Å². The van der Waals surface area contributed by atoms with E-state index in [0.29, 0.717) is 22.0 Å². The van der Waals surface area contributed by atoms with Gasteiger partial charge in [-0.3, -0.25) is 9.29 Å². The van der Waals surface area contributed by atoms with Crippen LogP contribution in [0.15, 0.2) is 36.5 Å². The molecule has 0 aliphatic heterocycles. The molecule has 0 radical (unpaired) electrons. The molecule has 0 spiro atoms. The number of esters is 1. The van der Waals surface area contributed by atoms with Gasteiger partial charge in [-0.05, 0) is 49.7 Å². The number of aryl methyl sites for hydroxylation is 1. The third kappa shape index (κ3) is 4.49. The van der Waals surface area contributed by atoms with Gasteiger partial charge in [-0.25, -0.2) is 13.2 Å². The Bertz CT molecular complexity index is 867. The summed E-state index contributed by atoms with van der Waals surface area (Å²) in [6.45, 7) is 3.45. The second kappa shape index (κ2) is 7.84. The molecule has 1 heterocycles. The highest BCUT2D eigenvalue weighted by Gasteiger charge is 2.22. The maximum Gasteiger partial charge on any atom is 0.339 e. The topological polar surface area (TPSA) is 76.6 Å². The molecule has 0 saturated carbocycles. The van der Waals surface area contributed by atoms with E-state index in [1.54, 1.807) is 37.3 Å². The molecule has 6 nitrogen and oxygen atoms in total. The molecule has 0 amide bonds. The van der Waals surface area contributed by atoms with Crippen molar-refractivity contribution in [3.63, 3.8) is 0 Å². The van der Waals surface area contributed by atoms with Gasteiger partial charge in [0, 0.05) is 11.2 Å². The fraction of sp³-hybridized carbons (Fsp3) is 0.294. The number of halogens is 1. The number of benzene rings is 1. The molecular formula is C17H19ClN2O4S. The van der Waals surface area contributed by atoms with Crippen LogP contribution in [0.25, 0.3) is 0 Å². The van der Waals surface area contributed by atoms with Crippen molar-refractivity contribution >= 4 is 33.3 Å². The number of ether oxygens (including phenoxy) is 1. The van der Waals surface area contributed by atoms with Crippen LogP contribution >= 0.6 is 11.6 Å². The highest BCUT2D eigenvalue weighted by atomic mass is 35.5. The summed E-state index contributed by atoms with van der Waals surface area (Å²) in [5, 5.41) is 0.568. The summed E-state index contributed by atoms with van der Waals surface area (Å²) in [6.07, 6.45) is 1.37. The molecule has 0 aliphatic carbocycles. The Morgan fingerprint density at radius 1 is 1.28 bits per heavy atom. The Hall–Kier alpha value is -2.12. The fourth-order valence-electron chi connectivity index (χ4n) is 2.19. The standard InChI is InChI=1S/C17H19ClN2O4S/c1-4-25(22,23)20(15-7-8-16(18)12(2)9-15)11-14-6-5-13(10-19-14)17(21)24-3/h5-10H,4,11H2,1-3H3. The van der Waals surface area contributed by atoms with E-state index in [4.69, 9.17) is 11.6 Å². The molecule has 0 saturated heterocycles. The molecule has 0 atom stereocenters. The number of methoxy groups -OCH3 is 1. The predicted molar refractivity (Wildman–Crippen MR) is 97.4 cm³/mol. The average molecular weight is 383 g/mol. The quantitative estimate of drug-likeness (QED) is 0.717. The lowest BCUT2D eigenvalue weighted by Gasteiger charge is -2.24. The zero-order valence-corrected chi connectivity index (χ0v) is 15.8. The molecule has 0 N–H and O–H groups in total. The van der Waals surface area contributed by atoms with Gasteiger partial charge in [0.1, 0.15) is 0 Å². The molecule has 0 bridgehead atoms. The first-order chi connectivity index (χ1) is 11.8. The minimum Gasteiger partial charge on any atom is -0.465 e. The molecule has 0 fully saturated rings. The molecular weight excluding hydrogens is 364 g/mol. The van der Waals surface area contributed by atoms with Crippen LogP contribution in [0.4, 0.5) is 5.69 Å². The van der Waals surface area contributed by atoms with Gasteiger partial charge >= 0.3 is 5.97 Å². The van der Waals surface area contributed by atoms with Crippen LogP contribution in [0, 0.1) is 6.92 Å². The number of sulfonamides is 1. The summed E-state index contributed by atoms with van der Waals surface area (Å²) in [4.78, 5) is 15.6. The molecule has 1 aromatic carbocycles. The predicted octanol–water partition coefficient (Wildman–Crippen LogP) is 3.19. The van der Waals surface area contributed by atoms with Crippen LogP contribution in [-0.2, 0) is 21.3 Å². The summed E-state index contributed by atoms with van der Waals surface area (Å²) >= 11 is 6.03. The van der Waals surface area contributed by atoms with Gasteiger partial charge in [-0.2, -0.15) is 0 Å². The van der Waals surface area contributed by atoms with Crippen LogP contribution in [0.5, 0.6) is 0 Å². The van der Waals surface area contributed by atoms with Gasteiger partial charge in [-0.1, -0.05) is 11.6 Å². The molecule has 0 unspecified atom stereocenters. The lowest BCUT2D eigenvalue weighted by atomic mass is 10.2. The zero-order valence-electron chi connectivity index (χ0n) is 14.2. The Morgan fingerprint density at radius 3 is 2.52 bits per heavy atom. The summed E-state index contributed by atoms with van der Waals surface area (Å²) in [7, 11) is -2.23. The summed E-state index contributed by atoms with van der Waals surface area (Å²) in [6, 6.07) is 8.20. The minimum atomic E-state index is -3.51. The van der Waals surface area contributed by atoms with Crippen molar-refractivity contribution in [2.24, 2.45) is 0 Å². The Kier molecular flexibility index (Phi) is 6.02. The van der Waals surface area contributed by atoms with Crippen LogP contribution in [-0.4, -0.2) is 32.2 Å². The summed E-state index contributed by atoms with van der Waals surface area (Å²) in [5.41, 5.74) is 2.11. The maximum absolute atomic E-state index is 12.5. The number of nitrogens with zero attached hydrogens (tertiary/aromatic N) is 2. The summed E-state index contributed by atoms with van der Waals surface area (Å²) in [5.74, 6) is -0.542. The Labute approximate surface area is 152 Å². The van der Waals surface area contributed by atoms with E-state index >= 15 is 0 Å². The lowest BCUT2D eigenvalue weighted by molar-refractivity contribution is 0.0600. The van der Waals surface area contributed by atoms with Gasteiger partial charge in [0.15, 0.2) is 0 Å². The monoisotopic (exact) mass is 382 g/mol. The van der Waals surface area contributed by atoms with Crippen molar-refractivity contribution in [1.29, 1.82) is 0 Å². The number of pyridine rings is 1. The van der Waals surface area contributed by atoms with Crippen LogP contribution < -0.4 is 4.31 Å². The first-order valence-corrected chi connectivity index (χ1v) is 9.57. The van der Waals surface area contributed by atoms with E-state index in [2.05, 4.69) is 9.72 Å². The molecule has 134 valence electrons. The van der Waals surface area contributed by atoms with Crippen molar-refractivity contribution in [1.82, 2.24) is 4.98 Å². The van der Waals surface area contributed by atoms with Crippen LogP contribution in [0.2, 0.25) is 5.02 Å². The molecule has 2 rings (SSSR count). The van der Waals surface area contributed by atoms with E-state index < -0.39 is 16.0 Å². The zero-order chi connectivity index (χ0) is 18.6. The molecule has 0 aliphatic rings. The third-order valence-corrected chi connectivity index (χ3v) is 5.85. The van der Waals surface area contributed by atoms with Crippen molar-refractivity contribution in [3.05, 3.63) is 58.4 Å². The lowest BCUT2D eigenvalue weighted by Crippen LogP contribution is -2.32. The number of hydrogen-bond acceptors (Lipinski definition) is 5. The van der Waals surface area contributed by atoms with Gasteiger partial charge in [0.2, 0.25) is 10.0 Å². The van der Waals surface area contributed by atoms with E-state index in [1.165, 1.54) is 17.6 Å². The second-order valence-electron chi connectivity index (χ2n) is 5.37. The fourth-order valence-corrected chi connectivity index (χ4v) is 3.39. The van der Waals surface area contributed by atoms with Gasteiger partial charge in [0.05, 0.1) is 36.4 Å². The van der Waals surface area contributed by atoms with E-state index in [1.807, 2.05) is 6.92 Å². The molecule has 1 aromatic heterocycles. The highest BCUT2D eigenvalue weighted by Crippen LogP contribution is 2.26. The molecule has 8 heteroatoms. The average Bonchev–Trinajstić information content (AvgIpc) is 2.61. The highest BCUT2D eigenvalue weighted by molar-refractivity contribution is 7.92. The van der Waals surface area contributed by atoms with Gasteiger partial charge < -0.3 is 4.74 Å². The van der Waals surface area contributed by atoms with Crippen molar-refractivity contribution in [2.75, 3.05) is 17.2 Å². The maximum atomic E-state index is 12.5. The number of anilines is 1. The van der Waals surface area contributed by atoms with Gasteiger partial charge in [0.25, 0.3) is 0 Å². The first kappa shape index (κ1) is 19.2. The minimum absolute atomic E-state index is 0.0467. The summed E-state index contributed by atoms with van der Waals surface area (Å²) < 4.78 is 30.9. The van der Waals surface area contributed by atoms with E-state index in [0.717, 1.165) is 5.56 Å². The normalized spacial score (nSPS) is 11.2. The van der Waals surface area contributed by atoms with Crippen LogP contribution in [0.1, 0.15) is 28.5 Å². The smallest absolute Gasteiger partial charge is 0.339 e. The molecule has 2 aromatic rings. The van der Waals surface area contributed by atoms with Crippen molar-refractivity contribution in [3.8, 4) is 0 Å². The van der Waals surface area contributed by atoms with Crippen molar-refractivity contribution in [2.45, 2.75) is 20.4 Å². The number of hydrogen-bond donors (Lipinski definition) is 0. The third-order valence-electron chi connectivity index (χ3n) is 3.68. The van der Waals surface area contributed by atoms with Gasteiger partial charge in [-0.15, -0.1) is 0 Å². The SMILES string of the molecule is CCS(=O)(=O)N(Cc1ccc(C(=O)OC)cn1)c1ccc(Cl)c(C)c1. The largest absolute Gasteiger partial charge is 0.465 e. The van der Waals surface area contributed by atoms with Crippen molar-refractivity contribution < 1.29 is 17.9 Å².